The number of nitrogens with two attached hydrogens (primary N) is 1. The van der Waals surface area contributed by atoms with E-state index >= 15 is 0 Å². The first kappa shape index (κ1) is 22.9. The van der Waals surface area contributed by atoms with Gasteiger partial charge in [-0.3, -0.25) is 19.9 Å². The van der Waals surface area contributed by atoms with Crippen LogP contribution in [0.3, 0.4) is 0 Å². The summed E-state index contributed by atoms with van der Waals surface area (Å²) in [6.07, 6.45) is 2.38. The molecule has 0 spiro atoms. The number of nitro benzene ring substituents is 1. The number of rotatable bonds is 7. The lowest BCUT2D eigenvalue weighted by molar-refractivity contribution is -0.384. The van der Waals surface area contributed by atoms with Crippen molar-refractivity contribution >= 4 is 47.2 Å². The quantitative estimate of drug-likeness (QED) is 0.134. The molecule has 0 saturated carbocycles. The summed E-state index contributed by atoms with van der Waals surface area (Å²) in [5.41, 5.74) is 5.86. The Labute approximate surface area is 175 Å². The predicted molar refractivity (Wildman–Crippen MR) is 116 cm³/mol. The SMILES string of the molecule is CN=C(NCCNc1ccccc1[N+](=O)[O-])N1CCCC(CC(N)=O)C1.I. The van der Waals surface area contributed by atoms with Crippen LogP contribution in [0.2, 0.25) is 0 Å². The highest BCUT2D eigenvalue weighted by Crippen LogP contribution is 2.22. The van der Waals surface area contributed by atoms with Crippen LogP contribution < -0.4 is 16.4 Å². The molecular formula is C17H27IN6O3. The Morgan fingerprint density at radius 3 is 2.81 bits per heavy atom. The normalized spacial score (nSPS) is 17.0. The summed E-state index contributed by atoms with van der Waals surface area (Å²) in [6.45, 7) is 2.71. The van der Waals surface area contributed by atoms with Crippen LogP contribution in [-0.4, -0.2) is 54.9 Å². The third-order valence-corrected chi connectivity index (χ3v) is 4.34. The van der Waals surface area contributed by atoms with Gasteiger partial charge < -0.3 is 21.3 Å². The average molecular weight is 490 g/mol. The molecule has 0 bridgehead atoms. The topological polar surface area (TPSA) is 126 Å². The van der Waals surface area contributed by atoms with Crippen molar-refractivity contribution in [3.8, 4) is 0 Å². The Hall–Kier alpha value is -2.11. The van der Waals surface area contributed by atoms with Gasteiger partial charge in [0.1, 0.15) is 5.69 Å². The van der Waals surface area contributed by atoms with Crippen molar-refractivity contribution in [3.63, 3.8) is 0 Å². The molecule has 1 saturated heterocycles. The molecule has 1 aliphatic heterocycles. The number of nitro groups is 1. The highest BCUT2D eigenvalue weighted by Gasteiger charge is 2.23. The zero-order chi connectivity index (χ0) is 18.9. The number of likely N-dealkylation sites (tertiary alicyclic amines) is 1. The number of aliphatic imine (C=N–C) groups is 1. The molecule has 0 radical (unpaired) electrons. The second-order valence-corrected chi connectivity index (χ2v) is 6.30. The Kier molecular flexibility index (Phi) is 9.83. The standard InChI is InChI=1S/C17H26N6O3.HI/c1-19-17(22-10-4-5-13(12-22)11-16(18)24)21-9-8-20-14-6-2-3-7-15(14)23(25)26;/h2-3,6-7,13,20H,4-5,8-12H2,1H3,(H2,18,24)(H,19,21);1H. The fourth-order valence-electron chi connectivity index (χ4n) is 3.19. The average Bonchev–Trinajstić information content (AvgIpc) is 2.61. The molecule has 1 fully saturated rings. The van der Waals surface area contributed by atoms with Gasteiger partial charge in [0.05, 0.1) is 4.92 Å². The summed E-state index contributed by atoms with van der Waals surface area (Å²) < 4.78 is 0. The predicted octanol–water partition coefficient (Wildman–Crippen LogP) is 1.79. The van der Waals surface area contributed by atoms with E-state index in [1.807, 2.05) is 0 Å². The molecule has 1 heterocycles. The Morgan fingerprint density at radius 2 is 2.15 bits per heavy atom. The number of para-hydroxylation sites is 2. The summed E-state index contributed by atoms with van der Waals surface area (Å²) in [5, 5.41) is 17.3. The molecule has 0 aromatic heterocycles. The molecule has 1 aromatic rings. The molecule has 4 N–H and O–H groups in total. The number of piperidine rings is 1. The van der Waals surface area contributed by atoms with Crippen molar-refractivity contribution < 1.29 is 9.72 Å². The Balaban J connectivity index is 0.00000364. The fourth-order valence-corrected chi connectivity index (χ4v) is 3.19. The third-order valence-electron chi connectivity index (χ3n) is 4.34. The highest BCUT2D eigenvalue weighted by molar-refractivity contribution is 14.0. The number of benzene rings is 1. The van der Waals surface area contributed by atoms with Gasteiger partial charge in [0.25, 0.3) is 5.69 Å². The number of guanidine groups is 1. The van der Waals surface area contributed by atoms with Gasteiger partial charge in [0.2, 0.25) is 5.91 Å². The number of hydrogen-bond acceptors (Lipinski definition) is 5. The number of amides is 1. The fraction of sp³-hybridized carbons (Fsp3) is 0.529. The molecular weight excluding hydrogens is 463 g/mol. The van der Waals surface area contributed by atoms with E-state index in [2.05, 4.69) is 20.5 Å². The lowest BCUT2D eigenvalue weighted by atomic mass is 9.95. The van der Waals surface area contributed by atoms with E-state index in [9.17, 15) is 14.9 Å². The summed E-state index contributed by atoms with van der Waals surface area (Å²) in [5.74, 6) is 0.752. The first-order valence-electron chi connectivity index (χ1n) is 8.72. The van der Waals surface area contributed by atoms with Crippen molar-refractivity contribution in [2.75, 3.05) is 38.5 Å². The number of halogens is 1. The molecule has 10 heteroatoms. The van der Waals surface area contributed by atoms with Crippen molar-refractivity contribution in [3.05, 3.63) is 34.4 Å². The molecule has 1 atom stereocenters. The van der Waals surface area contributed by atoms with Gasteiger partial charge in [-0.25, -0.2) is 0 Å². The molecule has 1 aromatic carbocycles. The van der Waals surface area contributed by atoms with Gasteiger partial charge in [-0.2, -0.15) is 0 Å². The van der Waals surface area contributed by atoms with Gasteiger partial charge in [-0.05, 0) is 24.8 Å². The van der Waals surface area contributed by atoms with Crippen molar-refractivity contribution in [1.29, 1.82) is 0 Å². The zero-order valence-electron chi connectivity index (χ0n) is 15.4. The minimum absolute atomic E-state index is 0. The smallest absolute Gasteiger partial charge is 0.292 e. The largest absolute Gasteiger partial charge is 0.378 e. The van der Waals surface area contributed by atoms with Crippen LogP contribution in [0, 0.1) is 16.0 Å². The number of carbonyl (C=O) groups excluding carboxylic acids is 1. The first-order valence-corrected chi connectivity index (χ1v) is 8.72. The summed E-state index contributed by atoms with van der Waals surface area (Å²) >= 11 is 0. The van der Waals surface area contributed by atoms with Gasteiger partial charge in [0, 0.05) is 45.7 Å². The third kappa shape index (κ3) is 7.19. The van der Waals surface area contributed by atoms with E-state index < -0.39 is 4.92 Å². The Morgan fingerprint density at radius 1 is 1.41 bits per heavy atom. The van der Waals surface area contributed by atoms with Crippen LogP contribution in [0.25, 0.3) is 0 Å². The molecule has 27 heavy (non-hydrogen) atoms. The molecule has 2 rings (SSSR count). The van der Waals surface area contributed by atoms with Crippen LogP contribution in [0.5, 0.6) is 0 Å². The summed E-state index contributed by atoms with van der Waals surface area (Å²) in [7, 11) is 1.72. The van der Waals surface area contributed by atoms with Crippen molar-refractivity contribution in [2.45, 2.75) is 19.3 Å². The number of carbonyl (C=O) groups is 1. The van der Waals surface area contributed by atoms with Crippen LogP contribution in [0.1, 0.15) is 19.3 Å². The second kappa shape index (κ2) is 11.6. The summed E-state index contributed by atoms with van der Waals surface area (Å²) in [4.78, 5) is 28.2. The maximum Gasteiger partial charge on any atom is 0.292 e. The zero-order valence-corrected chi connectivity index (χ0v) is 17.7. The number of anilines is 1. The van der Waals surface area contributed by atoms with E-state index in [1.54, 1.807) is 25.2 Å². The van der Waals surface area contributed by atoms with Gasteiger partial charge in [0.15, 0.2) is 5.96 Å². The highest BCUT2D eigenvalue weighted by atomic mass is 127. The molecule has 1 aliphatic rings. The van der Waals surface area contributed by atoms with Crippen LogP contribution in [0.4, 0.5) is 11.4 Å². The van der Waals surface area contributed by atoms with E-state index in [1.165, 1.54) is 6.07 Å². The molecule has 150 valence electrons. The number of nitrogens with one attached hydrogen (secondary N) is 2. The number of nitrogens with zero attached hydrogens (tertiary/aromatic N) is 3. The molecule has 1 amide bonds. The van der Waals surface area contributed by atoms with Gasteiger partial charge >= 0.3 is 0 Å². The maximum atomic E-state index is 11.1. The van der Waals surface area contributed by atoms with E-state index in [4.69, 9.17) is 5.73 Å². The maximum absolute atomic E-state index is 11.1. The van der Waals surface area contributed by atoms with Crippen LogP contribution in [0.15, 0.2) is 29.3 Å². The van der Waals surface area contributed by atoms with E-state index in [0.717, 1.165) is 31.9 Å². The monoisotopic (exact) mass is 490 g/mol. The molecule has 9 nitrogen and oxygen atoms in total. The van der Waals surface area contributed by atoms with Crippen molar-refractivity contribution in [2.24, 2.45) is 16.6 Å². The molecule has 0 aliphatic carbocycles. The lowest BCUT2D eigenvalue weighted by Gasteiger charge is -2.34. The van der Waals surface area contributed by atoms with E-state index in [0.29, 0.717) is 25.2 Å². The lowest BCUT2D eigenvalue weighted by Crippen LogP contribution is -2.48. The van der Waals surface area contributed by atoms with Gasteiger partial charge in [-0.1, -0.05) is 12.1 Å². The first-order chi connectivity index (χ1) is 12.5. The summed E-state index contributed by atoms with van der Waals surface area (Å²) in [6, 6.07) is 6.56. The molecule has 1 unspecified atom stereocenters. The minimum Gasteiger partial charge on any atom is -0.378 e. The van der Waals surface area contributed by atoms with Gasteiger partial charge in [-0.15, -0.1) is 24.0 Å². The van der Waals surface area contributed by atoms with Crippen molar-refractivity contribution in [1.82, 2.24) is 10.2 Å². The van der Waals surface area contributed by atoms with E-state index in [-0.39, 0.29) is 41.5 Å². The Bertz CT molecular complexity index is 670. The van der Waals surface area contributed by atoms with Crippen LogP contribution in [-0.2, 0) is 4.79 Å². The number of hydrogen-bond donors (Lipinski definition) is 3. The number of primary amides is 1. The second-order valence-electron chi connectivity index (χ2n) is 6.30. The minimum atomic E-state index is -0.401. The van der Waals surface area contributed by atoms with Crippen LogP contribution >= 0.6 is 24.0 Å².